The fraction of sp³-hybridized carbons (Fsp3) is 0.174. The molecule has 0 N–H and O–H groups in total. The summed E-state index contributed by atoms with van der Waals surface area (Å²) < 4.78 is 7.42. The Morgan fingerprint density at radius 2 is 1.50 bits per heavy atom. The van der Waals surface area contributed by atoms with Crippen LogP contribution < -0.4 is 4.74 Å². The average Bonchev–Trinajstić information content (AvgIpc) is 2.97. The number of pyridine rings is 1. The molecule has 2 heterocycles. The van der Waals surface area contributed by atoms with Crippen molar-refractivity contribution >= 4 is 11.0 Å². The zero-order chi connectivity index (χ0) is 18.3. The lowest BCUT2D eigenvalue weighted by atomic mass is 10.0. The van der Waals surface area contributed by atoms with Gasteiger partial charge in [-0.2, -0.15) is 0 Å². The van der Waals surface area contributed by atoms with Crippen LogP contribution >= 0.6 is 0 Å². The Bertz CT molecular complexity index is 1070. The zero-order valence-corrected chi connectivity index (χ0v) is 15.6. The van der Waals surface area contributed by atoms with Gasteiger partial charge in [0.1, 0.15) is 11.4 Å². The molecule has 0 aliphatic carbocycles. The largest absolute Gasteiger partial charge is 0.497 e. The summed E-state index contributed by atoms with van der Waals surface area (Å²) in [5.41, 5.74) is 8.01. The van der Waals surface area contributed by atoms with Gasteiger partial charge in [-0.05, 0) is 74.0 Å². The Hall–Kier alpha value is -3.07. The van der Waals surface area contributed by atoms with Crippen LogP contribution in [0.5, 0.6) is 5.75 Å². The van der Waals surface area contributed by atoms with E-state index in [-0.39, 0.29) is 0 Å². The van der Waals surface area contributed by atoms with Crippen LogP contribution in [0.4, 0.5) is 0 Å². The molecule has 0 amide bonds. The smallest absolute Gasteiger partial charge is 0.140 e. The summed E-state index contributed by atoms with van der Waals surface area (Å²) in [6, 6.07) is 21.1. The maximum Gasteiger partial charge on any atom is 0.140 e. The molecule has 0 aliphatic heterocycles. The third-order valence-corrected chi connectivity index (χ3v) is 4.78. The van der Waals surface area contributed by atoms with Gasteiger partial charge in [0, 0.05) is 18.0 Å². The van der Waals surface area contributed by atoms with Crippen LogP contribution in [0.3, 0.4) is 0 Å². The number of fused-ring (bicyclic) bond motifs is 1. The van der Waals surface area contributed by atoms with E-state index in [1.165, 1.54) is 22.4 Å². The number of benzene rings is 2. The van der Waals surface area contributed by atoms with Crippen molar-refractivity contribution in [1.82, 2.24) is 9.55 Å². The minimum absolute atomic E-state index is 0.853. The molecule has 130 valence electrons. The molecule has 2 aromatic carbocycles. The molecule has 4 aromatic rings. The van der Waals surface area contributed by atoms with Crippen LogP contribution in [0.2, 0.25) is 0 Å². The van der Waals surface area contributed by atoms with Gasteiger partial charge in [-0.25, -0.2) is 4.98 Å². The van der Waals surface area contributed by atoms with Crippen molar-refractivity contribution in [2.45, 2.75) is 13.8 Å². The fourth-order valence-electron chi connectivity index (χ4n) is 3.52. The standard InChI is InChI=1S/C23H22N2O/c1-15-11-16(2)13-19(12-15)22-14-18-7-10-21(24-23(18)25(22)3)17-5-8-20(26-4)9-6-17/h5-14H,1-4H3. The van der Waals surface area contributed by atoms with Gasteiger partial charge in [0.2, 0.25) is 0 Å². The SMILES string of the molecule is COc1ccc(-c2ccc3cc(-c4cc(C)cc(C)c4)n(C)c3n2)cc1. The van der Waals surface area contributed by atoms with E-state index >= 15 is 0 Å². The molecule has 0 saturated carbocycles. The summed E-state index contributed by atoms with van der Waals surface area (Å²) in [7, 11) is 3.76. The van der Waals surface area contributed by atoms with E-state index in [0.29, 0.717) is 0 Å². The van der Waals surface area contributed by atoms with Gasteiger partial charge in [0.25, 0.3) is 0 Å². The minimum Gasteiger partial charge on any atom is -0.497 e. The summed E-state index contributed by atoms with van der Waals surface area (Å²) in [6.45, 7) is 4.28. The molecule has 0 bridgehead atoms. The predicted octanol–water partition coefficient (Wildman–Crippen LogP) is 5.53. The fourth-order valence-corrected chi connectivity index (χ4v) is 3.52. The van der Waals surface area contributed by atoms with Crippen LogP contribution in [-0.4, -0.2) is 16.7 Å². The third kappa shape index (κ3) is 2.86. The summed E-state index contributed by atoms with van der Waals surface area (Å²) in [4.78, 5) is 4.91. The van der Waals surface area contributed by atoms with Crippen molar-refractivity contribution in [2.75, 3.05) is 7.11 Å². The second kappa shape index (κ2) is 6.34. The van der Waals surface area contributed by atoms with Gasteiger partial charge in [0.05, 0.1) is 18.5 Å². The molecule has 4 rings (SSSR count). The second-order valence-corrected chi connectivity index (χ2v) is 6.80. The highest BCUT2D eigenvalue weighted by atomic mass is 16.5. The van der Waals surface area contributed by atoms with Crippen molar-refractivity contribution < 1.29 is 4.74 Å². The van der Waals surface area contributed by atoms with Gasteiger partial charge in [-0.1, -0.05) is 17.2 Å². The predicted molar refractivity (Wildman–Crippen MR) is 108 cm³/mol. The van der Waals surface area contributed by atoms with Gasteiger partial charge in [0.15, 0.2) is 0 Å². The van der Waals surface area contributed by atoms with Crippen LogP contribution in [0.25, 0.3) is 33.5 Å². The van der Waals surface area contributed by atoms with E-state index < -0.39 is 0 Å². The van der Waals surface area contributed by atoms with Crippen LogP contribution in [0.1, 0.15) is 11.1 Å². The molecule has 2 aromatic heterocycles. The number of methoxy groups -OCH3 is 1. The molecule has 0 fully saturated rings. The van der Waals surface area contributed by atoms with Gasteiger partial charge < -0.3 is 9.30 Å². The number of rotatable bonds is 3. The minimum atomic E-state index is 0.853. The summed E-state index contributed by atoms with van der Waals surface area (Å²) >= 11 is 0. The van der Waals surface area contributed by atoms with E-state index in [2.05, 4.69) is 61.9 Å². The first-order valence-electron chi connectivity index (χ1n) is 8.75. The number of hydrogen-bond donors (Lipinski definition) is 0. The topological polar surface area (TPSA) is 27.1 Å². The van der Waals surface area contributed by atoms with E-state index in [1.807, 2.05) is 24.3 Å². The molecule has 0 radical (unpaired) electrons. The highest BCUT2D eigenvalue weighted by Crippen LogP contribution is 2.30. The van der Waals surface area contributed by atoms with Crippen molar-refractivity contribution in [2.24, 2.45) is 7.05 Å². The van der Waals surface area contributed by atoms with Crippen LogP contribution in [-0.2, 0) is 7.05 Å². The summed E-state index contributed by atoms with van der Waals surface area (Å²) in [5.74, 6) is 0.853. The number of ether oxygens (including phenoxy) is 1. The molecule has 0 atom stereocenters. The van der Waals surface area contributed by atoms with E-state index in [9.17, 15) is 0 Å². The molecule has 0 aliphatic rings. The van der Waals surface area contributed by atoms with Crippen LogP contribution in [0, 0.1) is 13.8 Å². The Kier molecular flexibility index (Phi) is 4.00. The molecular weight excluding hydrogens is 320 g/mol. The van der Waals surface area contributed by atoms with Crippen molar-refractivity contribution in [3.05, 3.63) is 71.8 Å². The van der Waals surface area contributed by atoms with E-state index in [0.717, 1.165) is 28.0 Å². The summed E-state index contributed by atoms with van der Waals surface area (Å²) in [5, 5.41) is 1.15. The van der Waals surface area contributed by atoms with Gasteiger partial charge in [-0.3, -0.25) is 0 Å². The third-order valence-electron chi connectivity index (χ3n) is 4.78. The van der Waals surface area contributed by atoms with Crippen molar-refractivity contribution in [3.63, 3.8) is 0 Å². The lowest BCUT2D eigenvalue weighted by molar-refractivity contribution is 0.415. The molecule has 0 saturated heterocycles. The Morgan fingerprint density at radius 1 is 0.808 bits per heavy atom. The number of hydrogen-bond acceptors (Lipinski definition) is 2. The molecule has 0 unspecified atom stereocenters. The first kappa shape index (κ1) is 16.4. The number of aromatic nitrogens is 2. The zero-order valence-electron chi connectivity index (χ0n) is 15.6. The Balaban J connectivity index is 1.82. The number of aryl methyl sites for hydroxylation is 3. The highest BCUT2D eigenvalue weighted by Gasteiger charge is 2.11. The summed E-state index contributed by atoms with van der Waals surface area (Å²) in [6.07, 6.45) is 0. The lowest BCUT2D eigenvalue weighted by Gasteiger charge is -2.07. The van der Waals surface area contributed by atoms with Crippen molar-refractivity contribution in [3.8, 4) is 28.3 Å². The average molecular weight is 342 g/mol. The first-order valence-corrected chi connectivity index (χ1v) is 8.75. The number of nitrogens with zero attached hydrogens (tertiary/aromatic N) is 2. The molecule has 3 heteroatoms. The lowest BCUT2D eigenvalue weighted by Crippen LogP contribution is -1.95. The second-order valence-electron chi connectivity index (χ2n) is 6.80. The maximum atomic E-state index is 5.24. The van der Waals surface area contributed by atoms with Crippen molar-refractivity contribution in [1.29, 1.82) is 0 Å². The quantitative estimate of drug-likeness (QED) is 0.489. The molecule has 26 heavy (non-hydrogen) atoms. The van der Waals surface area contributed by atoms with E-state index in [1.54, 1.807) is 7.11 Å². The molecule has 0 spiro atoms. The van der Waals surface area contributed by atoms with Gasteiger partial charge in [-0.15, -0.1) is 0 Å². The Morgan fingerprint density at radius 3 is 2.15 bits per heavy atom. The van der Waals surface area contributed by atoms with Crippen LogP contribution in [0.15, 0.2) is 60.7 Å². The first-order chi connectivity index (χ1) is 12.5. The maximum absolute atomic E-state index is 5.24. The monoisotopic (exact) mass is 342 g/mol. The molecule has 3 nitrogen and oxygen atoms in total. The molecular formula is C23H22N2O. The Labute approximate surface area is 153 Å². The normalized spacial score (nSPS) is 11.1. The van der Waals surface area contributed by atoms with E-state index in [4.69, 9.17) is 9.72 Å². The van der Waals surface area contributed by atoms with Gasteiger partial charge >= 0.3 is 0 Å². The highest BCUT2D eigenvalue weighted by molar-refractivity contribution is 5.86.